The van der Waals surface area contributed by atoms with Gasteiger partial charge in [0.2, 0.25) is 0 Å². The minimum atomic E-state index is -0.535. The van der Waals surface area contributed by atoms with Gasteiger partial charge >= 0.3 is 17.6 Å². The highest BCUT2D eigenvalue weighted by molar-refractivity contribution is 7.98. The lowest BCUT2D eigenvalue weighted by molar-refractivity contribution is 0.0518. The third-order valence-corrected chi connectivity index (χ3v) is 5.77. The van der Waals surface area contributed by atoms with Gasteiger partial charge in [0.05, 0.1) is 31.4 Å². The summed E-state index contributed by atoms with van der Waals surface area (Å²) in [6, 6.07) is 0. The molecular formula is C19H26N4O6S. The van der Waals surface area contributed by atoms with Crippen LogP contribution < -0.4 is 5.69 Å². The zero-order valence-corrected chi connectivity index (χ0v) is 18.1. The fraction of sp³-hybridized carbons (Fsp3) is 0.579. The number of hydrogen-bond donors (Lipinski definition) is 2. The van der Waals surface area contributed by atoms with Crippen molar-refractivity contribution in [1.82, 2.24) is 19.7 Å². The van der Waals surface area contributed by atoms with Gasteiger partial charge in [0.1, 0.15) is 5.69 Å². The van der Waals surface area contributed by atoms with Crippen LogP contribution in [-0.2, 0) is 26.5 Å². The van der Waals surface area contributed by atoms with Gasteiger partial charge < -0.3 is 19.2 Å². The van der Waals surface area contributed by atoms with Crippen molar-refractivity contribution in [2.45, 2.75) is 57.2 Å². The molecule has 0 radical (unpaired) electrons. The molecule has 10 nitrogen and oxygen atoms in total. The number of aromatic amines is 2. The Labute approximate surface area is 177 Å². The lowest BCUT2D eigenvalue weighted by Gasteiger charge is -2.11. The van der Waals surface area contributed by atoms with Gasteiger partial charge in [-0.3, -0.25) is 4.57 Å². The summed E-state index contributed by atoms with van der Waals surface area (Å²) in [6.45, 7) is 6.65. The average Bonchev–Trinajstić information content (AvgIpc) is 3.42. The van der Waals surface area contributed by atoms with Gasteiger partial charge in [-0.05, 0) is 39.2 Å². The van der Waals surface area contributed by atoms with Crippen molar-refractivity contribution in [2.24, 2.45) is 0 Å². The maximum Gasteiger partial charge on any atom is 0.355 e. The van der Waals surface area contributed by atoms with E-state index in [1.807, 2.05) is 0 Å². The number of esters is 2. The molecule has 0 spiro atoms. The van der Waals surface area contributed by atoms with Crippen LogP contribution in [0.1, 0.15) is 58.8 Å². The molecule has 0 amide bonds. The summed E-state index contributed by atoms with van der Waals surface area (Å²) < 4.78 is 17.4. The number of H-pyrrole nitrogens is 2. The van der Waals surface area contributed by atoms with Crippen molar-refractivity contribution >= 4 is 23.7 Å². The summed E-state index contributed by atoms with van der Waals surface area (Å²) >= 11 is 1.28. The number of ether oxygens (including phenoxy) is 3. The smallest absolute Gasteiger partial charge is 0.355 e. The first-order valence-corrected chi connectivity index (χ1v) is 10.9. The van der Waals surface area contributed by atoms with Crippen LogP contribution in [0.4, 0.5) is 0 Å². The molecule has 3 heterocycles. The Balaban J connectivity index is 1.84. The number of nitrogens with one attached hydrogen (secondary N) is 2. The van der Waals surface area contributed by atoms with Gasteiger partial charge in [0.25, 0.3) is 0 Å². The standard InChI is InChI=1S/C19H26N4O6S/c1-4-27-16(24)14-11(3)15(17(25)28-5-2)20-13(14)10-30-19-22-21-18(26)23(19)9-12-7-6-8-29-12/h12,20H,4-10H2,1-3H3,(H,21,26)/t12-/m0/s1. The SMILES string of the molecule is CCOC(=O)c1[nH]c(CSc2n[nH]c(=O)n2C[C@@H]2CCCO2)c(C(=O)OCC)c1C. The molecule has 11 heteroatoms. The van der Waals surface area contributed by atoms with E-state index in [-0.39, 0.29) is 36.5 Å². The second-order valence-corrected chi connectivity index (χ2v) is 7.71. The Hall–Kier alpha value is -2.53. The molecule has 2 N–H and O–H groups in total. The molecule has 30 heavy (non-hydrogen) atoms. The highest BCUT2D eigenvalue weighted by Crippen LogP contribution is 2.27. The van der Waals surface area contributed by atoms with E-state index in [0.717, 1.165) is 12.8 Å². The second kappa shape index (κ2) is 9.98. The maximum absolute atomic E-state index is 12.5. The van der Waals surface area contributed by atoms with Gasteiger partial charge in [-0.25, -0.2) is 19.5 Å². The molecule has 2 aromatic heterocycles. The summed E-state index contributed by atoms with van der Waals surface area (Å²) in [5, 5.41) is 7.03. The third kappa shape index (κ3) is 4.78. The van der Waals surface area contributed by atoms with E-state index in [2.05, 4.69) is 15.2 Å². The molecule has 1 aliphatic heterocycles. The predicted molar refractivity (Wildman–Crippen MR) is 109 cm³/mol. The molecule has 0 unspecified atom stereocenters. The average molecular weight is 439 g/mol. The molecule has 164 valence electrons. The Morgan fingerprint density at radius 2 is 2.00 bits per heavy atom. The molecule has 1 saturated heterocycles. The number of aromatic nitrogens is 4. The van der Waals surface area contributed by atoms with Crippen molar-refractivity contribution in [3.63, 3.8) is 0 Å². The molecule has 2 aromatic rings. The number of rotatable bonds is 9. The summed E-state index contributed by atoms with van der Waals surface area (Å²) in [5.74, 6) is -0.771. The van der Waals surface area contributed by atoms with Crippen LogP contribution in [0.2, 0.25) is 0 Å². The maximum atomic E-state index is 12.5. The Bertz CT molecular complexity index is 957. The number of hydrogen-bond acceptors (Lipinski definition) is 8. The van der Waals surface area contributed by atoms with Crippen LogP contribution in [0.25, 0.3) is 0 Å². The van der Waals surface area contributed by atoms with E-state index in [9.17, 15) is 14.4 Å². The summed E-state index contributed by atoms with van der Waals surface area (Å²) in [5.41, 5.74) is 1.19. The van der Waals surface area contributed by atoms with Crippen LogP contribution in [0.15, 0.2) is 9.95 Å². The zero-order chi connectivity index (χ0) is 21.7. The quantitative estimate of drug-likeness (QED) is 0.450. The van der Waals surface area contributed by atoms with Crippen LogP contribution in [0.5, 0.6) is 0 Å². The van der Waals surface area contributed by atoms with Crippen LogP contribution in [-0.4, -0.2) is 57.6 Å². The Morgan fingerprint density at radius 1 is 1.27 bits per heavy atom. The van der Waals surface area contributed by atoms with Crippen LogP contribution in [0.3, 0.4) is 0 Å². The van der Waals surface area contributed by atoms with Gasteiger partial charge in [-0.1, -0.05) is 11.8 Å². The fourth-order valence-electron chi connectivity index (χ4n) is 3.36. The topological polar surface area (TPSA) is 128 Å². The van der Waals surface area contributed by atoms with E-state index >= 15 is 0 Å². The van der Waals surface area contributed by atoms with Gasteiger partial charge in [0.15, 0.2) is 5.16 Å². The van der Waals surface area contributed by atoms with E-state index in [1.54, 1.807) is 20.8 Å². The molecule has 0 bridgehead atoms. The zero-order valence-electron chi connectivity index (χ0n) is 17.3. The number of carbonyl (C=O) groups is 2. The fourth-order valence-corrected chi connectivity index (χ4v) is 4.27. The lowest BCUT2D eigenvalue weighted by atomic mass is 10.1. The molecule has 1 fully saturated rings. The van der Waals surface area contributed by atoms with Crippen molar-refractivity contribution in [1.29, 1.82) is 0 Å². The van der Waals surface area contributed by atoms with Crippen molar-refractivity contribution in [3.05, 3.63) is 33.0 Å². The first-order chi connectivity index (χ1) is 14.5. The van der Waals surface area contributed by atoms with Gasteiger partial charge in [0, 0.05) is 18.1 Å². The molecule has 0 saturated carbocycles. The minimum Gasteiger partial charge on any atom is -0.462 e. The lowest BCUT2D eigenvalue weighted by Crippen LogP contribution is -2.25. The number of carbonyl (C=O) groups excluding carboxylic acids is 2. The van der Waals surface area contributed by atoms with Crippen molar-refractivity contribution < 1.29 is 23.8 Å². The van der Waals surface area contributed by atoms with E-state index < -0.39 is 11.9 Å². The molecule has 0 aliphatic carbocycles. The summed E-state index contributed by atoms with van der Waals surface area (Å²) in [6.07, 6.45) is 1.85. The van der Waals surface area contributed by atoms with Crippen LogP contribution in [0, 0.1) is 6.92 Å². The predicted octanol–water partition coefficient (Wildman–Crippen LogP) is 2.03. The Kier molecular flexibility index (Phi) is 7.38. The molecule has 1 atom stereocenters. The van der Waals surface area contributed by atoms with E-state index in [1.165, 1.54) is 16.3 Å². The number of thioether (sulfide) groups is 1. The minimum absolute atomic E-state index is 0.0158. The van der Waals surface area contributed by atoms with Gasteiger partial charge in [-0.2, -0.15) is 0 Å². The van der Waals surface area contributed by atoms with Crippen molar-refractivity contribution in [2.75, 3.05) is 19.8 Å². The third-order valence-electron chi connectivity index (χ3n) is 4.77. The molecule has 0 aromatic carbocycles. The normalized spacial score (nSPS) is 16.0. The van der Waals surface area contributed by atoms with Crippen LogP contribution >= 0.6 is 11.8 Å². The first kappa shape index (κ1) is 22.2. The van der Waals surface area contributed by atoms with Crippen molar-refractivity contribution in [3.8, 4) is 0 Å². The highest BCUT2D eigenvalue weighted by atomic mass is 32.2. The van der Waals surface area contributed by atoms with E-state index in [4.69, 9.17) is 14.2 Å². The molecule has 3 rings (SSSR count). The Morgan fingerprint density at radius 3 is 2.67 bits per heavy atom. The summed E-state index contributed by atoms with van der Waals surface area (Å²) in [4.78, 5) is 39.9. The first-order valence-electron chi connectivity index (χ1n) is 9.91. The second-order valence-electron chi connectivity index (χ2n) is 6.77. The van der Waals surface area contributed by atoms with E-state index in [0.29, 0.717) is 35.1 Å². The number of nitrogens with zero attached hydrogens (tertiary/aromatic N) is 2. The van der Waals surface area contributed by atoms with Gasteiger partial charge in [-0.15, -0.1) is 5.10 Å². The molecule has 1 aliphatic rings. The summed E-state index contributed by atoms with van der Waals surface area (Å²) in [7, 11) is 0. The monoisotopic (exact) mass is 438 g/mol. The highest BCUT2D eigenvalue weighted by Gasteiger charge is 2.26. The molecular weight excluding hydrogens is 412 g/mol. The largest absolute Gasteiger partial charge is 0.462 e.